The average Bonchev–Trinajstić information content (AvgIpc) is 2.49. The first kappa shape index (κ1) is 13.1. The Morgan fingerprint density at radius 1 is 1.14 bits per heavy atom. The van der Waals surface area contributed by atoms with Gasteiger partial charge in [0.2, 0.25) is 0 Å². The smallest absolute Gasteiger partial charge is 0.336 e. The summed E-state index contributed by atoms with van der Waals surface area (Å²) in [5.74, 6) is -0.288. The van der Waals surface area contributed by atoms with E-state index >= 15 is 0 Å². The molecule has 0 aliphatic carbocycles. The van der Waals surface area contributed by atoms with Crippen LogP contribution >= 0.6 is 0 Å². The number of nitrogens with zero attached hydrogens (tertiary/aromatic N) is 2. The average molecular weight is 279 g/mol. The summed E-state index contributed by atoms with van der Waals surface area (Å²) in [6.07, 6.45) is 1.48. The van der Waals surface area contributed by atoms with E-state index < -0.39 is 5.97 Å². The summed E-state index contributed by atoms with van der Waals surface area (Å²) >= 11 is 0. The molecule has 3 aromatic rings. The van der Waals surface area contributed by atoms with Gasteiger partial charge in [-0.3, -0.25) is 0 Å². The number of rotatable bonds is 3. The van der Waals surface area contributed by atoms with Gasteiger partial charge in [-0.1, -0.05) is 18.2 Å². The number of hydrogen-bond donors (Lipinski definition) is 2. The lowest BCUT2D eigenvalue weighted by molar-refractivity contribution is 0.0696. The summed E-state index contributed by atoms with van der Waals surface area (Å²) in [6, 6.07) is 12.9. The molecular formula is C16H13N3O2. The minimum absolute atomic E-state index is 0.276. The Morgan fingerprint density at radius 2 is 1.95 bits per heavy atom. The Hall–Kier alpha value is -2.95. The van der Waals surface area contributed by atoms with Crippen LogP contribution < -0.4 is 5.32 Å². The summed E-state index contributed by atoms with van der Waals surface area (Å²) < 4.78 is 0. The zero-order valence-corrected chi connectivity index (χ0v) is 11.4. The van der Waals surface area contributed by atoms with Crippen molar-refractivity contribution in [2.45, 2.75) is 6.92 Å². The second kappa shape index (κ2) is 5.20. The fourth-order valence-corrected chi connectivity index (χ4v) is 2.17. The normalized spacial score (nSPS) is 10.5. The van der Waals surface area contributed by atoms with Crippen LogP contribution in [0.15, 0.2) is 48.8 Å². The van der Waals surface area contributed by atoms with Crippen LogP contribution in [0.5, 0.6) is 0 Å². The van der Waals surface area contributed by atoms with Gasteiger partial charge in [-0.25, -0.2) is 14.8 Å². The number of benzene rings is 2. The van der Waals surface area contributed by atoms with E-state index in [1.807, 2.05) is 30.3 Å². The second-order valence-electron chi connectivity index (χ2n) is 4.70. The second-order valence-corrected chi connectivity index (χ2v) is 4.70. The van der Waals surface area contributed by atoms with E-state index in [1.165, 1.54) is 6.33 Å². The third kappa shape index (κ3) is 2.53. The molecule has 3 rings (SSSR count). The summed E-state index contributed by atoms with van der Waals surface area (Å²) in [4.78, 5) is 19.6. The van der Waals surface area contributed by atoms with Gasteiger partial charge in [-0.15, -0.1) is 0 Å². The fraction of sp³-hybridized carbons (Fsp3) is 0.0625. The predicted molar refractivity (Wildman–Crippen MR) is 81.0 cm³/mol. The number of carbonyl (C=O) groups is 1. The molecule has 0 bridgehead atoms. The maximum absolute atomic E-state index is 11.2. The van der Waals surface area contributed by atoms with Crippen LogP contribution in [-0.2, 0) is 0 Å². The van der Waals surface area contributed by atoms with E-state index in [0.29, 0.717) is 11.5 Å². The van der Waals surface area contributed by atoms with Crippen molar-refractivity contribution < 1.29 is 9.90 Å². The Kier molecular flexibility index (Phi) is 3.23. The molecule has 104 valence electrons. The van der Waals surface area contributed by atoms with E-state index in [4.69, 9.17) is 0 Å². The number of nitrogens with one attached hydrogen (secondary N) is 1. The molecule has 0 fully saturated rings. The molecule has 0 atom stereocenters. The standard InChI is InChI=1S/C16H13N3O2/c1-10-6-7-11(8-13(10)16(20)21)19-15-12-4-2-3-5-14(12)17-9-18-15/h2-9H,1H3,(H,20,21)(H,17,18,19). The molecule has 1 heterocycles. The van der Waals surface area contributed by atoms with Gasteiger partial charge < -0.3 is 10.4 Å². The van der Waals surface area contributed by atoms with Crippen LogP contribution in [0.25, 0.3) is 10.9 Å². The molecule has 0 spiro atoms. The van der Waals surface area contributed by atoms with Crippen LogP contribution in [0, 0.1) is 6.92 Å². The number of fused-ring (bicyclic) bond motifs is 1. The number of carboxylic acids is 1. The van der Waals surface area contributed by atoms with E-state index in [0.717, 1.165) is 16.5 Å². The molecule has 0 saturated heterocycles. The lowest BCUT2D eigenvalue weighted by Crippen LogP contribution is -2.02. The van der Waals surface area contributed by atoms with Crippen LogP contribution in [0.2, 0.25) is 0 Å². The number of aromatic nitrogens is 2. The summed E-state index contributed by atoms with van der Waals surface area (Å²) in [6.45, 7) is 1.77. The monoisotopic (exact) mass is 279 g/mol. The quantitative estimate of drug-likeness (QED) is 0.768. The van der Waals surface area contributed by atoms with E-state index in [1.54, 1.807) is 19.1 Å². The molecule has 5 heteroatoms. The van der Waals surface area contributed by atoms with Crippen molar-refractivity contribution in [3.05, 3.63) is 59.9 Å². The van der Waals surface area contributed by atoms with Gasteiger partial charge in [-0.05, 0) is 36.8 Å². The van der Waals surface area contributed by atoms with Crippen LogP contribution in [0.3, 0.4) is 0 Å². The highest BCUT2D eigenvalue weighted by Crippen LogP contribution is 2.24. The maximum Gasteiger partial charge on any atom is 0.336 e. The van der Waals surface area contributed by atoms with Crippen LogP contribution in [0.1, 0.15) is 15.9 Å². The Bertz CT molecular complexity index is 825. The van der Waals surface area contributed by atoms with Crippen LogP contribution in [-0.4, -0.2) is 21.0 Å². The topological polar surface area (TPSA) is 75.1 Å². The summed E-state index contributed by atoms with van der Waals surface area (Å²) in [7, 11) is 0. The van der Waals surface area contributed by atoms with Gasteiger partial charge in [0, 0.05) is 11.1 Å². The first-order valence-electron chi connectivity index (χ1n) is 6.46. The van der Waals surface area contributed by atoms with E-state index in [2.05, 4.69) is 15.3 Å². The molecule has 0 radical (unpaired) electrons. The van der Waals surface area contributed by atoms with Gasteiger partial charge in [0.05, 0.1) is 11.1 Å². The minimum atomic E-state index is -0.941. The fourth-order valence-electron chi connectivity index (χ4n) is 2.17. The van der Waals surface area contributed by atoms with E-state index in [-0.39, 0.29) is 5.56 Å². The van der Waals surface area contributed by atoms with Gasteiger partial charge in [0.15, 0.2) is 0 Å². The molecule has 0 aliphatic rings. The molecule has 0 aliphatic heterocycles. The maximum atomic E-state index is 11.2. The summed E-state index contributed by atoms with van der Waals surface area (Å²) in [5, 5.41) is 13.2. The first-order valence-corrected chi connectivity index (χ1v) is 6.46. The van der Waals surface area contributed by atoms with Crippen molar-refractivity contribution >= 4 is 28.4 Å². The third-order valence-corrected chi connectivity index (χ3v) is 3.27. The molecule has 0 amide bonds. The molecule has 2 aromatic carbocycles. The molecule has 0 saturated carbocycles. The SMILES string of the molecule is Cc1ccc(Nc2ncnc3ccccc23)cc1C(=O)O. The number of para-hydroxylation sites is 1. The molecule has 21 heavy (non-hydrogen) atoms. The number of anilines is 2. The predicted octanol–water partition coefficient (Wildman–Crippen LogP) is 3.38. The summed E-state index contributed by atoms with van der Waals surface area (Å²) in [5.41, 5.74) is 2.52. The van der Waals surface area contributed by atoms with Gasteiger partial charge in [-0.2, -0.15) is 0 Å². The van der Waals surface area contributed by atoms with Crippen molar-refractivity contribution in [3.8, 4) is 0 Å². The highest BCUT2D eigenvalue weighted by atomic mass is 16.4. The molecular weight excluding hydrogens is 266 g/mol. The highest BCUT2D eigenvalue weighted by Gasteiger charge is 2.09. The number of aromatic carboxylic acids is 1. The van der Waals surface area contributed by atoms with Crippen molar-refractivity contribution in [2.24, 2.45) is 0 Å². The molecule has 2 N–H and O–H groups in total. The van der Waals surface area contributed by atoms with Crippen molar-refractivity contribution in [2.75, 3.05) is 5.32 Å². The van der Waals surface area contributed by atoms with E-state index in [9.17, 15) is 9.90 Å². The van der Waals surface area contributed by atoms with Crippen LogP contribution in [0.4, 0.5) is 11.5 Å². The first-order chi connectivity index (χ1) is 10.1. The molecule has 5 nitrogen and oxygen atoms in total. The van der Waals surface area contributed by atoms with Crippen molar-refractivity contribution in [3.63, 3.8) is 0 Å². The van der Waals surface area contributed by atoms with Crippen molar-refractivity contribution in [1.82, 2.24) is 9.97 Å². The largest absolute Gasteiger partial charge is 0.478 e. The Labute approximate surface area is 121 Å². The number of aryl methyl sites for hydroxylation is 1. The van der Waals surface area contributed by atoms with Gasteiger partial charge in [0.25, 0.3) is 0 Å². The Balaban J connectivity index is 2.03. The van der Waals surface area contributed by atoms with Gasteiger partial charge in [0.1, 0.15) is 12.1 Å². The Morgan fingerprint density at radius 3 is 2.76 bits per heavy atom. The molecule has 1 aromatic heterocycles. The minimum Gasteiger partial charge on any atom is -0.478 e. The zero-order valence-electron chi connectivity index (χ0n) is 11.4. The van der Waals surface area contributed by atoms with Gasteiger partial charge >= 0.3 is 5.97 Å². The van der Waals surface area contributed by atoms with Crippen molar-refractivity contribution in [1.29, 1.82) is 0 Å². The zero-order chi connectivity index (χ0) is 14.8. The lowest BCUT2D eigenvalue weighted by Gasteiger charge is -2.10. The highest BCUT2D eigenvalue weighted by molar-refractivity contribution is 5.93. The molecule has 0 unspecified atom stereocenters. The number of carboxylic acid groups (broad SMARTS) is 1. The third-order valence-electron chi connectivity index (χ3n) is 3.27. The number of hydrogen-bond acceptors (Lipinski definition) is 4. The lowest BCUT2D eigenvalue weighted by atomic mass is 10.1.